The molecule has 0 radical (unpaired) electrons. The Labute approximate surface area is 297 Å². The van der Waals surface area contributed by atoms with E-state index in [1.807, 2.05) is 30.3 Å². The van der Waals surface area contributed by atoms with Gasteiger partial charge in [0.25, 0.3) is 5.91 Å². The number of nitrogens with one attached hydrogen (secondary N) is 1. The fourth-order valence-electron chi connectivity index (χ4n) is 8.01. The molecule has 264 valence electrons. The smallest absolute Gasteiger partial charge is 0.457 e. The van der Waals surface area contributed by atoms with Gasteiger partial charge in [-0.2, -0.15) is 5.26 Å². The Bertz CT molecular complexity index is 1870. The number of unbranched alkanes of at least 4 members (excludes halogenated alkanes) is 4. The highest BCUT2D eigenvalue weighted by molar-refractivity contribution is 6.61. The van der Waals surface area contributed by atoms with Crippen molar-refractivity contribution in [1.29, 1.82) is 5.26 Å². The van der Waals surface area contributed by atoms with E-state index in [4.69, 9.17) is 9.39 Å². The van der Waals surface area contributed by atoms with Gasteiger partial charge in [-0.15, -0.1) is 0 Å². The van der Waals surface area contributed by atoms with Crippen LogP contribution >= 0.6 is 0 Å². The van der Waals surface area contributed by atoms with Crippen LogP contribution in [0.2, 0.25) is 0 Å². The molecule has 3 aromatic carbocycles. The fourth-order valence-corrected chi connectivity index (χ4v) is 8.01. The number of nitriles is 1. The van der Waals surface area contributed by atoms with E-state index in [0.717, 1.165) is 104 Å². The Hall–Kier alpha value is -4.57. The number of imide groups is 1. The second-order valence-corrected chi connectivity index (χ2v) is 14.1. The summed E-state index contributed by atoms with van der Waals surface area (Å²) in [4.78, 5) is 41.4. The van der Waals surface area contributed by atoms with Crippen molar-refractivity contribution in [2.75, 3.05) is 19.6 Å². The van der Waals surface area contributed by atoms with Gasteiger partial charge in [-0.1, -0.05) is 25.3 Å². The summed E-state index contributed by atoms with van der Waals surface area (Å²) in [5.41, 5.74) is 5.33. The number of hydrogen-bond acceptors (Lipinski definition) is 8. The Balaban J connectivity index is 0.850. The van der Waals surface area contributed by atoms with Gasteiger partial charge in [0, 0.05) is 18.5 Å². The molecule has 3 aromatic rings. The van der Waals surface area contributed by atoms with Crippen molar-refractivity contribution < 1.29 is 33.2 Å². The molecule has 2 saturated heterocycles. The molecule has 4 aliphatic rings. The Kier molecular flexibility index (Phi) is 10.5. The van der Waals surface area contributed by atoms with Crippen LogP contribution in [0.5, 0.6) is 11.5 Å². The second kappa shape index (κ2) is 15.4. The molecule has 2 N–H and O–H groups in total. The lowest BCUT2D eigenvalue weighted by atomic mass is 9.80. The van der Waals surface area contributed by atoms with Crippen molar-refractivity contribution in [3.8, 4) is 17.6 Å². The first-order chi connectivity index (χ1) is 24.8. The van der Waals surface area contributed by atoms with Gasteiger partial charge in [-0.25, -0.2) is 4.39 Å². The van der Waals surface area contributed by atoms with E-state index in [2.05, 4.69) is 16.3 Å². The number of carbonyl (C=O) groups is 3. The quantitative estimate of drug-likeness (QED) is 0.157. The van der Waals surface area contributed by atoms with Gasteiger partial charge in [0.1, 0.15) is 23.4 Å². The third kappa shape index (κ3) is 7.71. The maximum Gasteiger partial charge on any atom is 0.491 e. The Morgan fingerprint density at radius 3 is 2.61 bits per heavy atom. The van der Waals surface area contributed by atoms with Crippen molar-refractivity contribution in [1.82, 2.24) is 15.1 Å². The lowest BCUT2D eigenvalue weighted by molar-refractivity contribution is -0.136. The summed E-state index contributed by atoms with van der Waals surface area (Å²) in [6.07, 6.45) is 8.46. The number of piperidine rings is 2. The lowest BCUT2D eigenvalue weighted by Gasteiger charge is -2.33. The van der Waals surface area contributed by atoms with Crippen molar-refractivity contribution >= 4 is 30.3 Å². The number of aryl methyl sites for hydroxylation is 1. The number of fused-ring (bicyclic) bond motifs is 2. The zero-order valence-corrected chi connectivity index (χ0v) is 28.7. The summed E-state index contributed by atoms with van der Waals surface area (Å²) in [6, 6.07) is 15.5. The van der Waals surface area contributed by atoms with Gasteiger partial charge in [0.2, 0.25) is 11.8 Å². The largest absolute Gasteiger partial charge is 0.491 e. The minimum atomic E-state index is -0.892. The van der Waals surface area contributed by atoms with Gasteiger partial charge < -0.3 is 24.2 Å². The number of likely N-dealkylation sites (tertiary alicyclic amines) is 1. The van der Waals surface area contributed by atoms with Crippen LogP contribution in [0.4, 0.5) is 4.39 Å². The molecule has 0 saturated carbocycles. The minimum absolute atomic E-state index is 0.151. The Morgan fingerprint density at radius 2 is 1.80 bits per heavy atom. The number of amides is 3. The molecular weight excluding hydrogens is 650 g/mol. The highest BCUT2D eigenvalue weighted by atomic mass is 19.1. The monoisotopic (exact) mass is 692 g/mol. The predicted octanol–water partition coefficient (Wildman–Crippen LogP) is 4.84. The molecule has 12 heteroatoms. The SMILES string of the molecule is N#Cc1ccc(Oc2ccc3c(c2)COB3O)c(CCCCCCCN2CCC(c3cc(F)cc4c3CN(C3CCC(=O)NC3=O)C4=O)CC2)c1. The van der Waals surface area contributed by atoms with Crippen LogP contribution in [0, 0.1) is 17.1 Å². The highest BCUT2D eigenvalue weighted by Gasteiger charge is 2.41. The van der Waals surface area contributed by atoms with Crippen LogP contribution in [0.3, 0.4) is 0 Å². The van der Waals surface area contributed by atoms with Crippen LogP contribution in [-0.2, 0) is 33.8 Å². The summed E-state index contributed by atoms with van der Waals surface area (Å²) in [5.74, 6) is 0.00399. The highest BCUT2D eigenvalue weighted by Crippen LogP contribution is 2.38. The molecule has 4 heterocycles. The van der Waals surface area contributed by atoms with Crippen LogP contribution in [0.1, 0.15) is 102 Å². The van der Waals surface area contributed by atoms with E-state index >= 15 is 0 Å². The summed E-state index contributed by atoms with van der Waals surface area (Å²) in [7, 11) is -0.892. The summed E-state index contributed by atoms with van der Waals surface area (Å²) in [6.45, 7) is 3.46. The molecular formula is C39H42BFN4O6. The molecule has 0 bridgehead atoms. The van der Waals surface area contributed by atoms with E-state index in [-0.39, 0.29) is 37.1 Å². The van der Waals surface area contributed by atoms with E-state index in [0.29, 0.717) is 23.5 Å². The molecule has 51 heavy (non-hydrogen) atoms. The molecule has 1 unspecified atom stereocenters. The maximum absolute atomic E-state index is 14.8. The zero-order chi connectivity index (χ0) is 35.5. The van der Waals surface area contributed by atoms with E-state index in [1.165, 1.54) is 11.0 Å². The van der Waals surface area contributed by atoms with Gasteiger partial charge in [0.15, 0.2) is 0 Å². The number of benzene rings is 3. The number of carbonyl (C=O) groups excluding carboxylic acids is 3. The predicted molar refractivity (Wildman–Crippen MR) is 188 cm³/mol. The first-order valence-corrected chi connectivity index (χ1v) is 18.1. The maximum atomic E-state index is 14.8. The third-order valence-corrected chi connectivity index (χ3v) is 10.8. The molecule has 0 aliphatic carbocycles. The average Bonchev–Trinajstić information content (AvgIpc) is 3.66. The molecule has 10 nitrogen and oxygen atoms in total. The van der Waals surface area contributed by atoms with Gasteiger partial charge >= 0.3 is 7.12 Å². The van der Waals surface area contributed by atoms with Crippen molar-refractivity contribution in [2.45, 2.75) is 89.3 Å². The number of halogens is 1. The number of nitrogens with zero attached hydrogens (tertiary/aromatic N) is 3. The zero-order valence-electron chi connectivity index (χ0n) is 28.7. The van der Waals surface area contributed by atoms with Crippen LogP contribution < -0.4 is 15.5 Å². The third-order valence-electron chi connectivity index (χ3n) is 10.8. The van der Waals surface area contributed by atoms with Crippen LogP contribution in [0.15, 0.2) is 48.5 Å². The van der Waals surface area contributed by atoms with Crippen LogP contribution in [0.25, 0.3) is 0 Å². The number of hydrogen-bond donors (Lipinski definition) is 2. The summed E-state index contributed by atoms with van der Waals surface area (Å²) in [5, 5.41) is 21.7. The summed E-state index contributed by atoms with van der Waals surface area (Å²) < 4.78 is 26.3. The van der Waals surface area contributed by atoms with Crippen molar-refractivity contribution in [3.05, 3.63) is 87.7 Å². The molecule has 1 atom stereocenters. The lowest BCUT2D eigenvalue weighted by Crippen LogP contribution is -2.52. The van der Waals surface area contributed by atoms with E-state index < -0.39 is 24.9 Å². The summed E-state index contributed by atoms with van der Waals surface area (Å²) >= 11 is 0. The van der Waals surface area contributed by atoms with Gasteiger partial charge in [0.05, 0.1) is 18.2 Å². The average molecular weight is 693 g/mol. The van der Waals surface area contributed by atoms with E-state index in [9.17, 15) is 29.1 Å². The normalized spacial score (nSPS) is 19.2. The minimum Gasteiger partial charge on any atom is -0.457 e. The number of rotatable bonds is 12. The van der Waals surface area contributed by atoms with Crippen molar-refractivity contribution in [3.63, 3.8) is 0 Å². The first kappa shape index (κ1) is 34.9. The molecule has 0 spiro atoms. The molecule has 0 aromatic heterocycles. The first-order valence-electron chi connectivity index (χ1n) is 18.1. The molecule has 7 rings (SSSR count). The molecule has 3 amide bonds. The standard InChI is InChI=1S/C39H42BFN4O6/c41-29-20-31(33-23-45(39(48)32(33)21-29)35-10-12-37(46)43-38(35)47)26-13-16-44(17-14-26)15-5-3-1-2-4-6-27-18-25(22-42)7-11-36(27)51-30-8-9-34-28(19-30)24-50-40(34)49/h7-9,11,18-21,26,35,49H,1-6,10,12-17,23-24H2,(H,43,46,47). The molecule has 4 aliphatic heterocycles. The topological polar surface area (TPSA) is 132 Å². The molecule has 2 fully saturated rings. The van der Waals surface area contributed by atoms with Crippen LogP contribution in [-0.4, -0.2) is 65.3 Å². The van der Waals surface area contributed by atoms with Crippen molar-refractivity contribution in [2.24, 2.45) is 0 Å². The fraction of sp³-hybridized carbons (Fsp3) is 0.436. The number of ether oxygens (including phenoxy) is 1. The van der Waals surface area contributed by atoms with Gasteiger partial charge in [-0.05, 0) is 134 Å². The van der Waals surface area contributed by atoms with E-state index in [1.54, 1.807) is 12.1 Å². The Morgan fingerprint density at radius 1 is 1.00 bits per heavy atom. The second-order valence-electron chi connectivity index (χ2n) is 14.1. The van der Waals surface area contributed by atoms with Gasteiger partial charge in [-0.3, -0.25) is 19.7 Å².